The van der Waals surface area contributed by atoms with Crippen LogP contribution in [0.5, 0.6) is 0 Å². The highest BCUT2D eigenvalue weighted by Gasteiger charge is 2.02. The quantitative estimate of drug-likeness (QED) is 0.377. The largest absolute Gasteiger partial charge is 0.393 e. The van der Waals surface area contributed by atoms with Gasteiger partial charge in [0.15, 0.2) is 0 Å². The first-order valence-corrected chi connectivity index (χ1v) is 7.24. The summed E-state index contributed by atoms with van der Waals surface area (Å²) in [6.45, 7) is 4.77. The van der Waals surface area contributed by atoms with Crippen LogP contribution in [0, 0.1) is 0 Å². The van der Waals surface area contributed by atoms with Crippen LogP contribution in [0.15, 0.2) is 12.7 Å². The van der Waals surface area contributed by atoms with E-state index in [-0.39, 0.29) is 6.61 Å². The third-order valence-electron chi connectivity index (χ3n) is 2.99. The minimum absolute atomic E-state index is 0.325. The molecule has 108 valence electrons. The highest BCUT2D eigenvalue weighted by molar-refractivity contribution is 4.63. The first-order valence-electron chi connectivity index (χ1n) is 7.24. The molecule has 0 heterocycles. The smallest absolute Gasteiger partial charge is 0.123 e. The molecular weight excluding hydrogens is 231 g/mol. The Morgan fingerprint density at radius 2 is 1.56 bits per heavy atom. The molecule has 1 atom stereocenters. The van der Waals surface area contributed by atoms with Gasteiger partial charge in [0.1, 0.15) is 6.17 Å². The van der Waals surface area contributed by atoms with Gasteiger partial charge in [0, 0.05) is 6.61 Å². The summed E-state index contributed by atoms with van der Waals surface area (Å²) in [5.74, 6) is 0. The van der Waals surface area contributed by atoms with Gasteiger partial charge in [-0.3, -0.25) is 0 Å². The molecule has 3 heteroatoms. The predicted molar refractivity (Wildman–Crippen MR) is 74.6 cm³/mol. The van der Waals surface area contributed by atoms with Gasteiger partial charge in [-0.25, -0.2) is 4.39 Å². The van der Waals surface area contributed by atoms with Crippen LogP contribution in [0.25, 0.3) is 0 Å². The first kappa shape index (κ1) is 17.6. The highest BCUT2D eigenvalue weighted by atomic mass is 19.1. The number of alkyl halides is 1. The van der Waals surface area contributed by atoms with E-state index < -0.39 is 6.17 Å². The van der Waals surface area contributed by atoms with E-state index in [1.807, 2.05) is 0 Å². The maximum absolute atomic E-state index is 12.7. The minimum atomic E-state index is -1.01. The van der Waals surface area contributed by atoms with Gasteiger partial charge in [0.05, 0.1) is 13.2 Å². The van der Waals surface area contributed by atoms with Gasteiger partial charge in [-0.1, -0.05) is 51.0 Å². The summed E-state index contributed by atoms with van der Waals surface area (Å²) in [7, 11) is 0. The number of rotatable bonds is 14. The second-order valence-corrected chi connectivity index (χ2v) is 4.76. The van der Waals surface area contributed by atoms with Gasteiger partial charge in [-0.15, -0.1) is 6.58 Å². The Balaban J connectivity index is 2.96. The highest BCUT2D eigenvalue weighted by Crippen LogP contribution is 2.11. The van der Waals surface area contributed by atoms with Crippen molar-refractivity contribution in [3.63, 3.8) is 0 Å². The molecule has 0 aliphatic heterocycles. The fourth-order valence-corrected chi connectivity index (χ4v) is 1.89. The van der Waals surface area contributed by atoms with Crippen molar-refractivity contribution in [3.8, 4) is 0 Å². The lowest BCUT2D eigenvalue weighted by Gasteiger charge is -2.04. The Bertz CT molecular complexity index is 174. The number of hydrogen-bond donors (Lipinski definition) is 1. The van der Waals surface area contributed by atoms with Crippen molar-refractivity contribution in [2.24, 2.45) is 0 Å². The van der Waals surface area contributed by atoms with Crippen molar-refractivity contribution < 1.29 is 14.2 Å². The lowest BCUT2D eigenvalue weighted by Crippen LogP contribution is -2.04. The molecule has 0 spiro atoms. The maximum Gasteiger partial charge on any atom is 0.123 e. The zero-order valence-electron chi connectivity index (χ0n) is 11.6. The molecule has 0 amide bonds. The van der Waals surface area contributed by atoms with Crippen molar-refractivity contribution in [1.82, 2.24) is 0 Å². The third-order valence-corrected chi connectivity index (χ3v) is 2.99. The molecule has 0 aromatic heterocycles. The van der Waals surface area contributed by atoms with Crippen LogP contribution in [0.3, 0.4) is 0 Å². The fourth-order valence-electron chi connectivity index (χ4n) is 1.89. The van der Waals surface area contributed by atoms with E-state index in [1.165, 1.54) is 32.1 Å². The van der Waals surface area contributed by atoms with E-state index in [0.29, 0.717) is 13.0 Å². The van der Waals surface area contributed by atoms with Crippen molar-refractivity contribution in [3.05, 3.63) is 12.7 Å². The fraction of sp³-hybridized carbons (Fsp3) is 0.867. The van der Waals surface area contributed by atoms with Gasteiger partial charge in [-0.2, -0.15) is 0 Å². The zero-order chi connectivity index (χ0) is 13.5. The second-order valence-electron chi connectivity index (χ2n) is 4.76. The number of hydrogen-bond acceptors (Lipinski definition) is 2. The van der Waals surface area contributed by atoms with E-state index in [0.717, 1.165) is 25.9 Å². The molecule has 0 saturated carbocycles. The van der Waals surface area contributed by atoms with Crippen molar-refractivity contribution in [2.45, 2.75) is 64.0 Å². The van der Waals surface area contributed by atoms with Crippen LogP contribution < -0.4 is 0 Å². The van der Waals surface area contributed by atoms with E-state index in [1.54, 1.807) is 6.08 Å². The first-order chi connectivity index (χ1) is 8.81. The van der Waals surface area contributed by atoms with Crippen molar-refractivity contribution in [2.75, 3.05) is 19.8 Å². The van der Waals surface area contributed by atoms with E-state index in [9.17, 15) is 4.39 Å². The Hall–Kier alpha value is -0.410. The molecule has 2 nitrogen and oxygen atoms in total. The van der Waals surface area contributed by atoms with Crippen LogP contribution in [-0.4, -0.2) is 31.1 Å². The molecule has 0 fully saturated rings. The number of halogens is 1. The zero-order valence-corrected chi connectivity index (χ0v) is 11.6. The van der Waals surface area contributed by atoms with Gasteiger partial charge >= 0.3 is 0 Å². The number of aliphatic hydroxyl groups excluding tert-OH is 1. The normalized spacial score (nSPS) is 12.6. The van der Waals surface area contributed by atoms with Gasteiger partial charge in [0.2, 0.25) is 0 Å². The molecule has 0 aliphatic rings. The molecule has 18 heavy (non-hydrogen) atoms. The monoisotopic (exact) mass is 260 g/mol. The standard InChI is InChI=1S/C15H29FO2/c1-2-12-18-13-10-8-6-4-3-5-7-9-11-15(16)14-17/h2,15,17H,1,3-14H2. The minimum Gasteiger partial charge on any atom is -0.393 e. The Kier molecular flexibility index (Phi) is 14.3. The van der Waals surface area contributed by atoms with E-state index >= 15 is 0 Å². The van der Waals surface area contributed by atoms with Gasteiger partial charge < -0.3 is 9.84 Å². The van der Waals surface area contributed by atoms with Crippen LogP contribution in [0.1, 0.15) is 57.8 Å². The van der Waals surface area contributed by atoms with Crippen LogP contribution >= 0.6 is 0 Å². The maximum atomic E-state index is 12.7. The van der Waals surface area contributed by atoms with Crippen molar-refractivity contribution >= 4 is 0 Å². The molecule has 0 saturated heterocycles. The van der Waals surface area contributed by atoms with Crippen molar-refractivity contribution in [1.29, 1.82) is 0 Å². The molecule has 0 aromatic rings. The van der Waals surface area contributed by atoms with E-state index in [4.69, 9.17) is 9.84 Å². The summed E-state index contributed by atoms with van der Waals surface area (Å²) in [6.07, 6.45) is 10.6. The molecular formula is C15H29FO2. The molecule has 0 radical (unpaired) electrons. The Morgan fingerprint density at radius 1 is 1.00 bits per heavy atom. The molecule has 0 bridgehead atoms. The van der Waals surface area contributed by atoms with Gasteiger partial charge in [-0.05, 0) is 12.8 Å². The third kappa shape index (κ3) is 13.7. The SMILES string of the molecule is C=CCOCCCCCCCCCCC(F)CO. The molecule has 0 aliphatic carbocycles. The predicted octanol–water partition coefficient (Wildman–Crippen LogP) is 4.03. The summed E-state index contributed by atoms with van der Waals surface area (Å²) >= 11 is 0. The topological polar surface area (TPSA) is 29.5 Å². The Morgan fingerprint density at radius 3 is 2.11 bits per heavy atom. The Labute approximate surface area is 111 Å². The average Bonchev–Trinajstić information content (AvgIpc) is 2.39. The van der Waals surface area contributed by atoms with Crippen LogP contribution in [0.4, 0.5) is 4.39 Å². The second kappa shape index (κ2) is 14.7. The van der Waals surface area contributed by atoms with Crippen LogP contribution in [-0.2, 0) is 4.74 Å². The number of ether oxygens (including phenoxy) is 1. The molecule has 1 unspecified atom stereocenters. The molecule has 1 N–H and O–H groups in total. The van der Waals surface area contributed by atoms with E-state index in [2.05, 4.69) is 6.58 Å². The van der Waals surface area contributed by atoms with Gasteiger partial charge in [0.25, 0.3) is 0 Å². The average molecular weight is 260 g/mol. The number of unbranched alkanes of at least 4 members (excludes halogenated alkanes) is 7. The lowest BCUT2D eigenvalue weighted by atomic mass is 10.1. The molecule has 0 aromatic carbocycles. The summed E-state index contributed by atoms with van der Waals surface area (Å²) in [5.41, 5.74) is 0. The summed E-state index contributed by atoms with van der Waals surface area (Å²) < 4.78 is 18.0. The van der Waals surface area contributed by atoms with Crippen LogP contribution in [0.2, 0.25) is 0 Å². The summed E-state index contributed by atoms with van der Waals surface area (Å²) in [4.78, 5) is 0. The summed E-state index contributed by atoms with van der Waals surface area (Å²) in [5, 5.41) is 8.52. The molecule has 0 rings (SSSR count). The lowest BCUT2D eigenvalue weighted by molar-refractivity contribution is 0.157. The number of aliphatic hydroxyl groups is 1. The summed E-state index contributed by atoms with van der Waals surface area (Å²) in [6, 6.07) is 0.